The first-order chi connectivity index (χ1) is 16.4. The summed E-state index contributed by atoms with van der Waals surface area (Å²) in [6.45, 7) is 6.38. The average Bonchev–Trinajstić information content (AvgIpc) is 3.38. The lowest BCUT2D eigenvalue weighted by Gasteiger charge is -2.40. The summed E-state index contributed by atoms with van der Waals surface area (Å²) in [6, 6.07) is 11.3. The summed E-state index contributed by atoms with van der Waals surface area (Å²) in [6.07, 6.45) is 6.74. The highest BCUT2D eigenvalue weighted by Gasteiger charge is 2.54. The van der Waals surface area contributed by atoms with E-state index in [2.05, 4.69) is 28.8 Å². The number of hydrogen-bond donors (Lipinski definition) is 0. The Labute approximate surface area is 199 Å². The number of benzene rings is 1. The molecule has 0 radical (unpaired) electrons. The molecule has 6 nitrogen and oxygen atoms in total. The van der Waals surface area contributed by atoms with Gasteiger partial charge in [0, 0.05) is 23.9 Å². The number of carbonyl (C=O) groups is 1. The van der Waals surface area contributed by atoms with E-state index in [-0.39, 0.29) is 24.1 Å². The third kappa shape index (κ3) is 4.27. The number of aryl methyl sites for hydroxylation is 1. The first-order valence-corrected chi connectivity index (χ1v) is 11.9. The molecule has 0 N–H and O–H groups in total. The molecule has 2 fully saturated rings. The molecule has 2 bridgehead atoms. The number of aromatic nitrogens is 3. The summed E-state index contributed by atoms with van der Waals surface area (Å²) in [5.74, 6) is 1.23. The van der Waals surface area contributed by atoms with Gasteiger partial charge in [-0.15, -0.1) is 0 Å². The van der Waals surface area contributed by atoms with Crippen LogP contribution in [0.3, 0.4) is 0 Å². The Bertz CT molecular complexity index is 1170. The van der Waals surface area contributed by atoms with E-state index in [1.807, 2.05) is 42.2 Å². The van der Waals surface area contributed by atoms with Crippen molar-refractivity contribution < 1.29 is 13.9 Å². The molecule has 176 valence electrons. The van der Waals surface area contributed by atoms with E-state index in [9.17, 15) is 9.18 Å². The number of piperidine rings is 1. The number of carbonyl (C=O) groups excluding carboxylic acids is 1. The van der Waals surface area contributed by atoms with Gasteiger partial charge in [0.05, 0.1) is 24.0 Å². The van der Waals surface area contributed by atoms with Gasteiger partial charge in [0.2, 0.25) is 5.88 Å². The van der Waals surface area contributed by atoms with E-state index >= 15 is 0 Å². The molecule has 34 heavy (non-hydrogen) atoms. The number of fused-ring (bicyclic) bond motifs is 2. The van der Waals surface area contributed by atoms with Crippen molar-refractivity contribution in [3.63, 3.8) is 0 Å². The number of amides is 1. The fourth-order valence-electron chi connectivity index (χ4n) is 5.44. The van der Waals surface area contributed by atoms with Crippen molar-refractivity contribution in [3.8, 4) is 17.3 Å². The molecule has 2 aromatic heterocycles. The number of ether oxygens (including phenoxy) is 1. The van der Waals surface area contributed by atoms with E-state index in [0.717, 1.165) is 37.2 Å². The maximum absolute atomic E-state index is 14.1. The molecule has 4 unspecified atom stereocenters. The van der Waals surface area contributed by atoms with Crippen molar-refractivity contribution in [1.82, 2.24) is 19.9 Å². The molecule has 3 heterocycles. The Kier molecular flexibility index (Phi) is 6.02. The Morgan fingerprint density at radius 3 is 2.56 bits per heavy atom. The molecule has 3 aromatic rings. The van der Waals surface area contributed by atoms with Gasteiger partial charge in [-0.1, -0.05) is 38.1 Å². The van der Waals surface area contributed by atoms with Gasteiger partial charge in [-0.2, -0.15) is 0 Å². The third-order valence-electron chi connectivity index (χ3n) is 6.89. The van der Waals surface area contributed by atoms with Crippen LogP contribution in [0.2, 0.25) is 0 Å². The topological polar surface area (TPSA) is 68.2 Å². The summed E-state index contributed by atoms with van der Waals surface area (Å²) in [4.78, 5) is 28.7. The summed E-state index contributed by atoms with van der Waals surface area (Å²) in [5.41, 5.74) is 2.22. The van der Waals surface area contributed by atoms with Crippen molar-refractivity contribution in [1.29, 1.82) is 0 Å². The van der Waals surface area contributed by atoms with Gasteiger partial charge in [0.15, 0.2) is 11.6 Å². The Hall–Kier alpha value is -3.35. The molecule has 4 atom stereocenters. The number of halogens is 1. The first-order valence-electron chi connectivity index (χ1n) is 11.9. The second kappa shape index (κ2) is 9.12. The zero-order valence-electron chi connectivity index (χ0n) is 19.7. The normalized spacial score (nSPS) is 23.5. The minimum Gasteiger partial charge on any atom is -0.472 e. The average molecular weight is 461 g/mol. The molecule has 1 saturated heterocycles. The van der Waals surface area contributed by atoms with Crippen molar-refractivity contribution in [2.45, 2.75) is 58.2 Å². The smallest absolute Gasteiger partial charge is 0.255 e. The van der Waals surface area contributed by atoms with E-state index in [1.165, 1.54) is 0 Å². The number of hydrogen-bond acceptors (Lipinski definition) is 5. The first kappa shape index (κ1) is 22.4. The summed E-state index contributed by atoms with van der Waals surface area (Å²) < 4.78 is 19.7. The lowest BCUT2D eigenvalue weighted by Crippen LogP contribution is -2.52. The Morgan fingerprint density at radius 2 is 1.85 bits per heavy atom. The van der Waals surface area contributed by atoms with Crippen LogP contribution in [0.5, 0.6) is 5.88 Å². The van der Waals surface area contributed by atoms with Gasteiger partial charge < -0.3 is 9.64 Å². The molecule has 2 aliphatic rings. The number of pyridine rings is 1. The zero-order chi connectivity index (χ0) is 23.8. The lowest BCUT2D eigenvalue weighted by molar-refractivity contribution is 0.0239. The molecule has 5 rings (SSSR count). The lowest BCUT2D eigenvalue weighted by atomic mass is 9.89. The van der Waals surface area contributed by atoms with Crippen LogP contribution >= 0.6 is 0 Å². The van der Waals surface area contributed by atoms with E-state index in [1.54, 1.807) is 12.3 Å². The highest BCUT2D eigenvalue weighted by atomic mass is 19.1. The van der Waals surface area contributed by atoms with Crippen molar-refractivity contribution in [2.24, 2.45) is 11.8 Å². The third-order valence-corrected chi connectivity index (χ3v) is 6.89. The largest absolute Gasteiger partial charge is 0.472 e. The Morgan fingerprint density at radius 1 is 1.09 bits per heavy atom. The van der Waals surface area contributed by atoms with E-state index < -0.39 is 5.82 Å². The highest BCUT2D eigenvalue weighted by molar-refractivity contribution is 6.00. The van der Waals surface area contributed by atoms with Gasteiger partial charge in [0.1, 0.15) is 6.10 Å². The minimum atomic E-state index is -0.508. The molecular weight excluding hydrogens is 431 g/mol. The second-order valence-corrected chi connectivity index (χ2v) is 9.81. The van der Waals surface area contributed by atoms with Gasteiger partial charge >= 0.3 is 0 Å². The molecule has 1 aromatic carbocycles. The van der Waals surface area contributed by atoms with Crippen LogP contribution in [0.25, 0.3) is 11.4 Å². The molecule has 1 aliphatic carbocycles. The summed E-state index contributed by atoms with van der Waals surface area (Å²) >= 11 is 0. The van der Waals surface area contributed by atoms with Crippen LogP contribution in [-0.4, -0.2) is 43.9 Å². The second-order valence-electron chi connectivity index (χ2n) is 9.81. The molecule has 1 saturated carbocycles. The predicted molar refractivity (Wildman–Crippen MR) is 127 cm³/mol. The van der Waals surface area contributed by atoms with Crippen molar-refractivity contribution in [3.05, 3.63) is 71.9 Å². The van der Waals surface area contributed by atoms with E-state index in [0.29, 0.717) is 34.7 Å². The van der Waals surface area contributed by atoms with Crippen molar-refractivity contribution >= 4 is 5.91 Å². The minimum absolute atomic E-state index is 0.0217. The van der Waals surface area contributed by atoms with Crippen LogP contribution in [0.1, 0.15) is 49.0 Å². The van der Waals surface area contributed by atoms with Gasteiger partial charge in [-0.25, -0.2) is 19.3 Å². The van der Waals surface area contributed by atoms with Gasteiger partial charge in [-0.05, 0) is 49.7 Å². The summed E-state index contributed by atoms with van der Waals surface area (Å²) in [5, 5.41) is 0. The fraction of sp³-hybridized carbons (Fsp3) is 0.407. The quantitative estimate of drug-likeness (QED) is 0.513. The van der Waals surface area contributed by atoms with Gasteiger partial charge in [-0.3, -0.25) is 4.79 Å². The van der Waals surface area contributed by atoms with Crippen LogP contribution in [0.4, 0.5) is 4.39 Å². The standard InChI is InChI=1S/C27H29FN4O2/c1-16(2)10-22-18-11-23(24(12-18)34-25-9-8-17(3)13-29-25)32(22)27(33)21-7-5-4-6-20(21)26-30-14-19(28)15-31-26/h4-9,13-16,18,22-24H,10-12H2,1-3H3. The molecule has 1 aliphatic heterocycles. The van der Waals surface area contributed by atoms with Crippen LogP contribution in [0.15, 0.2) is 55.0 Å². The number of likely N-dealkylation sites (tertiary alicyclic amines) is 1. The molecule has 7 heteroatoms. The predicted octanol–water partition coefficient (Wildman–Crippen LogP) is 5.08. The number of rotatable bonds is 6. The van der Waals surface area contributed by atoms with Gasteiger partial charge in [0.25, 0.3) is 5.91 Å². The van der Waals surface area contributed by atoms with E-state index in [4.69, 9.17) is 4.74 Å². The molecular formula is C27H29FN4O2. The summed E-state index contributed by atoms with van der Waals surface area (Å²) in [7, 11) is 0. The van der Waals surface area contributed by atoms with Crippen molar-refractivity contribution in [2.75, 3.05) is 0 Å². The Balaban J connectivity index is 1.47. The SMILES string of the molecule is Cc1ccc(OC2CC3CC2N(C(=O)c2ccccc2-c2ncc(F)cn2)C3CC(C)C)nc1. The maximum Gasteiger partial charge on any atom is 0.255 e. The molecule has 0 spiro atoms. The zero-order valence-corrected chi connectivity index (χ0v) is 19.7. The van der Waals surface area contributed by atoms with Crippen LogP contribution in [-0.2, 0) is 0 Å². The fourth-order valence-corrected chi connectivity index (χ4v) is 5.44. The highest BCUT2D eigenvalue weighted by Crippen LogP contribution is 2.47. The maximum atomic E-state index is 14.1. The van der Waals surface area contributed by atoms with Crippen LogP contribution < -0.4 is 4.74 Å². The number of nitrogens with zero attached hydrogens (tertiary/aromatic N) is 4. The van der Waals surface area contributed by atoms with Crippen LogP contribution in [0, 0.1) is 24.6 Å². The monoisotopic (exact) mass is 460 g/mol. The molecule has 1 amide bonds.